The molecule has 3 heterocycles. The first-order chi connectivity index (χ1) is 14.4. The van der Waals surface area contributed by atoms with Gasteiger partial charge < -0.3 is 9.80 Å². The van der Waals surface area contributed by atoms with Crippen LogP contribution in [0.15, 0.2) is 28.2 Å². The van der Waals surface area contributed by atoms with Crippen LogP contribution in [0.2, 0.25) is 5.02 Å². The monoisotopic (exact) mass is 446 g/mol. The van der Waals surface area contributed by atoms with E-state index in [1.165, 1.54) is 17.3 Å². The van der Waals surface area contributed by atoms with Crippen molar-refractivity contribution in [1.82, 2.24) is 14.5 Å². The third kappa shape index (κ3) is 3.97. The van der Waals surface area contributed by atoms with Crippen LogP contribution in [0.3, 0.4) is 0 Å². The van der Waals surface area contributed by atoms with E-state index in [0.29, 0.717) is 31.8 Å². The van der Waals surface area contributed by atoms with Crippen LogP contribution in [0.25, 0.3) is 0 Å². The van der Waals surface area contributed by atoms with Crippen molar-refractivity contribution in [2.45, 2.75) is 38.9 Å². The van der Waals surface area contributed by atoms with Crippen LogP contribution in [0, 0.1) is 19.8 Å². The number of nitrogens with zero attached hydrogens (tertiary/aromatic N) is 4. The van der Waals surface area contributed by atoms with Crippen molar-refractivity contribution in [1.29, 1.82) is 0 Å². The standard InChI is InChI=1S/C22H27ClN4O2S/c1-4-18-15(3)24-22-27(21(18)29)12-16(13-30-22)20(28)26-9-7-25(8-10-26)19-11-17(23)6-5-14(19)2/h5-6,11,16H,4,7-10,12-13H2,1-3H3/t16-/m1/s1. The maximum atomic E-state index is 13.2. The second-order valence-corrected chi connectivity index (χ2v) is 9.40. The van der Waals surface area contributed by atoms with Gasteiger partial charge in [0.25, 0.3) is 5.56 Å². The van der Waals surface area contributed by atoms with Crippen molar-refractivity contribution >= 4 is 35.0 Å². The lowest BCUT2D eigenvalue weighted by Gasteiger charge is -2.38. The van der Waals surface area contributed by atoms with Gasteiger partial charge in [-0.1, -0.05) is 36.4 Å². The molecule has 30 heavy (non-hydrogen) atoms. The van der Waals surface area contributed by atoms with E-state index in [1.807, 2.05) is 36.9 Å². The number of hydrogen-bond acceptors (Lipinski definition) is 5. The van der Waals surface area contributed by atoms with Gasteiger partial charge in [-0.15, -0.1) is 0 Å². The zero-order chi connectivity index (χ0) is 21.4. The minimum Gasteiger partial charge on any atom is -0.368 e. The van der Waals surface area contributed by atoms with Crippen molar-refractivity contribution in [3.05, 3.63) is 50.4 Å². The number of hydrogen-bond donors (Lipinski definition) is 0. The Bertz CT molecular complexity index is 1030. The maximum absolute atomic E-state index is 13.2. The first-order valence-corrected chi connectivity index (χ1v) is 11.8. The van der Waals surface area contributed by atoms with E-state index in [4.69, 9.17) is 11.6 Å². The minimum absolute atomic E-state index is 0.00579. The zero-order valence-corrected chi connectivity index (χ0v) is 19.2. The number of carbonyl (C=O) groups is 1. The molecule has 0 unspecified atom stereocenters. The Balaban J connectivity index is 1.44. The van der Waals surface area contributed by atoms with Crippen LogP contribution in [-0.4, -0.2) is 52.3 Å². The summed E-state index contributed by atoms with van der Waals surface area (Å²) in [7, 11) is 0. The van der Waals surface area contributed by atoms with Crippen molar-refractivity contribution in [2.75, 3.05) is 36.8 Å². The number of halogens is 1. The molecule has 1 fully saturated rings. The highest BCUT2D eigenvalue weighted by atomic mass is 35.5. The minimum atomic E-state index is -0.186. The molecule has 0 N–H and O–H groups in total. The largest absolute Gasteiger partial charge is 0.368 e. The van der Waals surface area contributed by atoms with Crippen molar-refractivity contribution in [3.8, 4) is 0 Å². The van der Waals surface area contributed by atoms with Gasteiger partial charge in [0.15, 0.2) is 5.16 Å². The van der Waals surface area contributed by atoms with E-state index >= 15 is 0 Å². The van der Waals surface area contributed by atoms with Crippen LogP contribution >= 0.6 is 23.4 Å². The summed E-state index contributed by atoms with van der Waals surface area (Å²) < 4.78 is 1.70. The first kappa shape index (κ1) is 21.2. The molecular weight excluding hydrogens is 420 g/mol. The third-order valence-electron chi connectivity index (χ3n) is 6.06. The summed E-state index contributed by atoms with van der Waals surface area (Å²) >= 11 is 7.69. The Labute approximate surface area is 186 Å². The fourth-order valence-electron chi connectivity index (χ4n) is 4.30. The van der Waals surface area contributed by atoms with Gasteiger partial charge in [-0.3, -0.25) is 14.2 Å². The van der Waals surface area contributed by atoms with Crippen LogP contribution in [0.4, 0.5) is 5.69 Å². The SMILES string of the molecule is CCc1c(C)nc2n(c1=O)C[C@@H](C(=O)N1CCN(c3cc(Cl)ccc3C)CC1)CS2. The normalized spacial score (nSPS) is 19.0. The van der Waals surface area contributed by atoms with Gasteiger partial charge in [0.1, 0.15) is 0 Å². The number of aryl methyl sites for hydroxylation is 2. The number of fused-ring (bicyclic) bond motifs is 1. The van der Waals surface area contributed by atoms with Gasteiger partial charge in [0.2, 0.25) is 5.91 Å². The lowest BCUT2D eigenvalue weighted by atomic mass is 10.1. The number of rotatable bonds is 3. The number of aromatic nitrogens is 2. The highest BCUT2D eigenvalue weighted by Crippen LogP contribution is 2.29. The molecule has 2 aliphatic heterocycles. The van der Waals surface area contributed by atoms with E-state index in [2.05, 4.69) is 16.8 Å². The maximum Gasteiger partial charge on any atom is 0.257 e. The van der Waals surface area contributed by atoms with E-state index < -0.39 is 0 Å². The molecule has 2 aliphatic rings. The number of piperazine rings is 1. The Morgan fingerprint density at radius 2 is 1.97 bits per heavy atom. The summed E-state index contributed by atoms with van der Waals surface area (Å²) in [6.45, 7) is 9.29. The van der Waals surface area contributed by atoms with Crippen molar-refractivity contribution < 1.29 is 4.79 Å². The van der Waals surface area contributed by atoms with Crippen molar-refractivity contribution in [3.63, 3.8) is 0 Å². The molecule has 1 amide bonds. The van der Waals surface area contributed by atoms with Crippen LogP contribution in [-0.2, 0) is 17.8 Å². The zero-order valence-electron chi connectivity index (χ0n) is 17.7. The first-order valence-electron chi connectivity index (χ1n) is 10.4. The van der Waals surface area contributed by atoms with Gasteiger partial charge in [-0.25, -0.2) is 4.98 Å². The Hall–Kier alpha value is -1.99. The predicted molar refractivity (Wildman–Crippen MR) is 122 cm³/mol. The molecular formula is C22H27ClN4O2S. The fourth-order valence-corrected chi connectivity index (χ4v) is 5.58. The molecule has 6 nitrogen and oxygen atoms in total. The number of benzene rings is 1. The summed E-state index contributed by atoms with van der Waals surface area (Å²) in [6.07, 6.45) is 0.659. The Morgan fingerprint density at radius 1 is 1.23 bits per heavy atom. The average molecular weight is 447 g/mol. The molecule has 0 bridgehead atoms. The summed E-state index contributed by atoms with van der Waals surface area (Å²) in [5, 5.41) is 1.47. The third-order valence-corrected chi connectivity index (χ3v) is 7.43. The number of thioether (sulfide) groups is 1. The molecule has 1 aromatic carbocycles. The molecule has 1 atom stereocenters. The lowest BCUT2D eigenvalue weighted by molar-refractivity contribution is -0.135. The topological polar surface area (TPSA) is 58.4 Å². The predicted octanol–water partition coefficient (Wildman–Crippen LogP) is 3.15. The second-order valence-electron chi connectivity index (χ2n) is 7.98. The summed E-state index contributed by atoms with van der Waals surface area (Å²) in [4.78, 5) is 34.9. The molecule has 4 rings (SSSR count). The molecule has 8 heteroatoms. The summed E-state index contributed by atoms with van der Waals surface area (Å²) in [5.41, 5.74) is 3.88. The van der Waals surface area contributed by atoms with Gasteiger partial charge in [0.05, 0.1) is 5.92 Å². The van der Waals surface area contributed by atoms with E-state index in [9.17, 15) is 9.59 Å². The van der Waals surface area contributed by atoms with E-state index in [0.717, 1.165) is 40.2 Å². The van der Waals surface area contributed by atoms with Crippen molar-refractivity contribution in [2.24, 2.45) is 5.92 Å². The molecule has 1 saturated heterocycles. The van der Waals surface area contributed by atoms with Crippen LogP contribution < -0.4 is 10.5 Å². The fraction of sp³-hybridized carbons (Fsp3) is 0.500. The Kier molecular flexibility index (Phi) is 6.11. The smallest absolute Gasteiger partial charge is 0.257 e. The summed E-state index contributed by atoms with van der Waals surface area (Å²) in [6, 6.07) is 5.93. The van der Waals surface area contributed by atoms with Gasteiger partial charge in [-0.2, -0.15) is 0 Å². The quantitative estimate of drug-likeness (QED) is 0.678. The molecule has 0 saturated carbocycles. The molecule has 0 radical (unpaired) electrons. The number of amides is 1. The van der Waals surface area contributed by atoms with Crippen LogP contribution in [0.1, 0.15) is 23.7 Å². The Morgan fingerprint density at radius 3 is 2.67 bits per heavy atom. The van der Waals surface area contributed by atoms with Crippen LogP contribution in [0.5, 0.6) is 0 Å². The molecule has 160 valence electrons. The average Bonchev–Trinajstić information content (AvgIpc) is 2.75. The van der Waals surface area contributed by atoms with Gasteiger partial charge in [-0.05, 0) is 38.0 Å². The molecule has 0 spiro atoms. The van der Waals surface area contributed by atoms with Gasteiger partial charge >= 0.3 is 0 Å². The molecule has 2 aromatic rings. The van der Waals surface area contributed by atoms with E-state index in [-0.39, 0.29) is 17.4 Å². The number of anilines is 1. The second kappa shape index (κ2) is 8.63. The van der Waals surface area contributed by atoms with E-state index in [1.54, 1.807) is 4.57 Å². The molecule has 1 aromatic heterocycles. The molecule has 0 aliphatic carbocycles. The van der Waals surface area contributed by atoms with Gasteiger partial charge in [0, 0.05) is 60.4 Å². The lowest BCUT2D eigenvalue weighted by Crippen LogP contribution is -2.52. The summed E-state index contributed by atoms with van der Waals surface area (Å²) in [5.74, 6) is 0.624. The highest BCUT2D eigenvalue weighted by molar-refractivity contribution is 7.99. The highest BCUT2D eigenvalue weighted by Gasteiger charge is 2.32. The number of carbonyl (C=O) groups excluding carboxylic acids is 1.